The molecule has 1 aliphatic heterocycles. The lowest BCUT2D eigenvalue weighted by Gasteiger charge is -2.37. The predicted octanol–water partition coefficient (Wildman–Crippen LogP) is -0.0399. The van der Waals surface area contributed by atoms with Gasteiger partial charge in [-0.15, -0.1) is 0 Å². The normalized spacial score (nSPS) is 23.7. The van der Waals surface area contributed by atoms with Gasteiger partial charge in [-0.25, -0.2) is 8.42 Å². The van der Waals surface area contributed by atoms with Crippen molar-refractivity contribution in [1.82, 2.24) is 4.31 Å². The largest absolute Gasteiger partial charge is 0.497 e. The van der Waals surface area contributed by atoms with Gasteiger partial charge in [0.2, 0.25) is 10.0 Å². The van der Waals surface area contributed by atoms with Gasteiger partial charge in [-0.1, -0.05) is 0 Å². The quantitative estimate of drug-likeness (QED) is 0.841. The molecule has 116 valence electrons. The van der Waals surface area contributed by atoms with Crippen molar-refractivity contribution >= 4 is 15.9 Å². The predicted molar refractivity (Wildman–Crippen MR) is 75.3 cm³/mol. The van der Waals surface area contributed by atoms with Crippen LogP contribution in [0.25, 0.3) is 0 Å². The fourth-order valence-electron chi connectivity index (χ4n) is 2.08. The third-order valence-corrected chi connectivity index (χ3v) is 5.32. The molecular formula is C13H18N2O5S. The molecule has 1 amide bonds. The Bertz CT molecular complexity index is 628. The van der Waals surface area contributed by atoms with Crippen molar-refractivity contribution < 1.29 is 22.7 Å². The SMILES string of the molecule is COc1ccc(S(=O)(=O)N2CCOC(C)(C(N)=O)C2)cc1. The van der Waals surface area contributed by atoms with Gasteiger partial charge in [0.1, 0.15) is 5.75 Å². The second kappa shape index (κ2) is 5.63. The number of primary amides is 1. The molecule has 7 nitrogen and oxygen atoms in total. The van der Waals surface area contributed by atoms with Gasteiger partial charge in [0.15, 0.2) is 5.60 Å². The van der Waals surface area contributed by atoms with Gasteiger partial charge in [0.05, 0.1) is 25.2 Å². The lowest BCUT2D eigenvalue weighted by Crippen LogP contribution is -2.58. The Morgan fingerprint density at radius 1 is 1.38 bits per heavy atom. The number of nitrogens with zero attached hydrogens (tertiary/aromatic N) is 1. The fraction of sp³-hybridized carbons (Fsp3) is 0.462. The Kier molecular flexibility index (Phi) is 4.22. The Hall–Kier alpha value is -1.64. The summed E-state index contributed by atoms with van der Waals surface area (Å²) in [6, 6.07) is 6.07. The van der Waals surface area contributed by atoms with E-state index >= 15 is 0 Å². The summed E-state index contributed by atoms with van der Waals surface area (Å²) >= 11 is 0. The van der Waals surface area contributed by atoms with Crippen molar-refractivity contribution in [3.05, 3.63) is 24.3 Å². The van der Waals surface area contributed by atoms with E-state index in [9.17, 15) is 13.2 Å². The molecule has 1 saturated heterocycles. The molecule has 0 aliphatic carbocycles. The van der Waals surface area contributed by atoms with Gasteiger partial charge >= 0.3 is 0 Å². The highest BCUT2D eigenvalue weighted by Crippen LogP contribution is 2.25. The maximum absolute atomic E-state index is 12.6. The standard InChI is InChI=1S/C13H18N2O5S/c1-13(12(14)16)9-15(7-8-20-13)21(17,18)11-5-3-10(19-2)4-6-11/h3-6H,7-9H2,1-2H3,(H2,14,16). The summed E-state index contributed by atoms with van der Waals surface area (Å²) in [5.41, 5.74) is 3.97. The fourth-order valence-corrected chi connectivity index (χ4v) is 3.59. The molecule has 1 fully saturated rings. The number of hydrogen-bond donors (Lipinski definition) is 1. The van der Waals surface area contributed by atoms with E-state index in [4.69, 9.17) is 15.2 Å². The molecule has 2 N–H and O–H groups in total. The molecule has 0 aromatic heterocycles. The highest BCUT2D eigenvalue weighted by Gasteiger charge is 2.41. The van der Waals surface area contributed by atoms with Crippen molar-refractivity contribution in [1.29, 1.82) is 0 Å². The summed E-state index contributed by atoms with van der Waals surface area (Å²) in [5, 5.41) is 0. The van der Waals surface area contributed by atoms with Crippen molar-refractivity contribution in [3.8, 4) is 5.75 Å². The van der Waals surface area contributed by atoms with Crippen LogP contribution in [0.5, 0.6) is 5.75 Å². The number of morpholine rings is 1. The van der Waals surface area contributed by atoms with E-state index in [-0.39, 0.29) is 24.6 Å². The van der Waals surface area contributed by atoms with Gasteiger partial charge in [-0.05, 0) is 31.2 Å². The summed E-state index contributed by atoms with van der Waals surface area (Å²) in [6.45, 7) is 1.69. The van der Waals surface area contributed by atoms with Crippen LogP contribution in [0, 0.1) is 0 Å². The number of benzene rings is 1. The molecule has 1 atom stereocenters. The number of ether oxygens (including phenoxy) is 2. The molecule has 1 aromatic rings. The van der Waals surface area contributed by atoms with Gasteiger partial charge in [0, 0.05) is 6.54 Å². The highest BCUT2D eigenvalue weighted by atomic mass is 32.2. The van der Waals surface area contributed by atoms with E-state index in [2.05, 4.69) is 0 Å². The second-order valence-electron chi connectivity index (χ2n) is 4.96. The molecule has 2 rings (SSSR count). The van der Waals surface area contributed by atoms with Crippen LogP contribution in [0.15, 0.2) is 29.2 Å². The maximum Gasteiger partial charge on any atom is 0.250 e. The maximum atomic E-state index is 12.6. The Morgan fingerprint density at radius 2 is 2.00 bits per heavy atom. The van der Waals surface area contributed by atoms with Crippen molar-refractivity contribution in [2.75, 3.05) is 26.8 Å². The topological polar surface area (TPSA) is 98.9 Å². The van der Waals surface area contributed by atoms with Crippen LogP contribution in [0.3, 0.4) is 0 Å². The number of hydrogen-bond acceptors (Lipinski definition) is 5. The summed E-state index contributed by atoms with van der Waals surface area (Å²) in [5.74, 6) is -0.116. The van der Waals surface area contributed by atoms with Crippen LogP contribution in [-0.2, 0) is 19.6 Å². The number of carbonyl (C=O) groups is 1. The minimum absolute atomic E-state index is 0.101. The molecule has 1 unspecified atom stereocenters. The van der Waals surface area contributed by atoms with Gasteiger partial charge in [-0.2, -0.15) is 4.31 Å². The first-order valence-corrected chi connectivity index (χ1v) is 7.82. The zero-order valence-electron chi connectivity index (χ0n) is 11.9. The minimum atomic E-state index is -3.70. The van der Waals surface area contributed by atoms with E-state index in [0.29, 0.717) is 5.75 Å². The zero-order valence-corrected chi connectivity index (χ0v) is 12.7. The average molecular weight is 314 g/mol. The van der Waals surface area contributed by atoms with Crippen molar-refractivity contribution in [3.63, 3.8) is 0 Å². The number of amides is 1. The van der Waals surface area contributed by atoms with Crippen LogP contribution in [0.4, 0.5) is 0 Å². The van der Waals surface area contributed by atoms with E-state index in [1.165, 1.54) is 30.5 Å². The van der Waals surface area contributed by atoms with Crippen molar-refractivity contribution in [2.24, 2.45) is 5.73 Å². The molecule has 0 saturated carbocycles. The molecule has 0 spiro atoms. The Labute approximate surface area is 123 Å². The number of sulfonamides is 1. The van der Waals surface area contributed by atoms with E-state index in [1.807, 2.05) is 0 Å². The van der Waals surface area contributed by atoms with E-state index in [1.54, 1.807) is 12.1 Å². The summed E-state index contributed by atoms with van der Waals surface area (Å²) in [7, 11) is -2.20. The van der Waals surface area contributed by atoms with Gasteiger partial charge in [-0.3, -0.25) is 4.79 Å². The molecule has 21 heavy (non-hydrogen) atoms. The lowest BCUT2D eigenvalue weighted by atomic mass is 10.1. The smallest absolute Gasteiger partial charge is 0.250 e. The summed E-state index contributed by atoms with van der Waals surface area (Å²) < 4.78 is 36.7. The number of nitrogens with two attached hydrogens (primary N) is 1. The molecule has 0 radical (unpaired) electrons. The van der Waals surface area contributed by atoms with E-state index in [0.717, 1.165) is 0 Å². The minimum Gasteiger partial charge on any atom is -0.497 e. The second-order valence-corrected chi connectivity index (χ2v) is 6.90. The van der Waals surface area contributed by atoms with Gasteiger partial charge in [0.25, 0.3) is 5.91 Å². The number of rotatable bonds is 4. The molecular weight excluding hydrogens is 296 g/mol. The Morgan fingerprint density at radius 3 is 2.52 bits per heavy atom. The third-order valence-electron chi connectivity index (χ3n) is 3.46. The van der Waals surface area contributed by atoms with Crippen LogP contribution in [0.2, 0.25) is 0 Å². The summed E-state index contributed by atoms with van der Waals surface area (Å²) in [6.07, 6.45) is 0. The van der Waals surface area contributed by atoms with Crippen LogP contribution >= 0.6 is 0 Å². The monoisotopic (exact) mass is 314 g/mol. The lowest BCUT2D eigenvalue weighted by molar-refractivity contribution is -0.148. The molecule has 0 bridgehead atoms. The number of carbonyl (C=O) groups excluding carboxylic acids is 1. The number of methoxy groups -OCH3 is 1. The first-order chi connectivity index (χ1) is 9.79. The first kappa shape index (κ1) is 15.7. The van der Waals surface area contributed by atoms with Crippen LogP contribution in [0.1, 0.15) is 6.92 Å². The average Bonchev–Trinajstić information content (AvgIpc) is 2.47. The summed E-state index contributed by atoms with van der Waals surface area (Å²) in [4.78, 5) is 11.6. The van der Waals surface area contributed by atoms with Crippen LogP contribution in [-0.4, -0.2) is 51.0 Å². The molecule has 1 aliphatic rings. The first-order valence-electron chi connectivity index (χ1n) is 6.38. The highest BCUT2D eigenvalue weighted by molar-refractivity contribution is 7.89. The molecule has 1 aromatic carbocycles. The third kappa shape index (κ3) is 3.02. The van der Waals surface area contributed by atoms with E-state index < -0.39 is 21.5 Å². The zero-order chi connectivity index (χ0) is 15.7. The van der Waals surface area contributed by atoms with Crippen LogP contribution < -0.4 is 10.5 Å². The van der Waals surface area contributed by atoms with Gasteiger partial charge < -0.3 is 15.2 Å². The molecule has 1 heterocycles. The molecule has 8 heteroatoms. The van der Waals surface area contributed by atoms with Crippen molar-refractivity contribution in [2.45, 2.75) is 17.4 Å². The Balaban J connectivity index is 2.28.